The number of nitro benzene ring substituents is 1. The van der Waals surface area contributed by atoms with Crippen LogP contribution in [0.2, 0.25) is 0 Å². The van der Waals surface area contributed by atoms with Gasteiger partial charge in [-0.2, -0.15) is 0 Å². The topological polar surface area (TPSA) is 91.3 Å². The Bertz CT molecular complexity index is 626. The largest absolute Gasteiger partial charge is 0.358 e. The molecule has 0 heterocycles. The van der Waals surface area contributed by atoms with Gasteiger partial charge in [-0.05, 0) is 49.3 Å². The van der Waals surface area contributed by atoms with Crippen molar-refractivity contribution in [3.05, 3.63) is 34.4 Å². The number of hydrogen-bond donors (Lipinski definition) is 4. The molecular weight excluding hydrogens is 346 g/mol. The second-order valence-electron chi connectivity index (χ2n) is 5.82. The molecule has 4 N–H and O–H groups in total. The van der Waals surface area contributed by atoms with Crippen LogP contribution in [-0.2, 0) is 0 Å². The van der Waals surface area contributed by atoms with Crippen molar-refractivity contribution in [2.24, 2.45) is 5.92 Å². The number of hydrogen-bond acceptors (Lipinski definition) is 4. The van der Waals surface area contributed by atoms with Gasteiger partial charge in [0.25, 0.3) is 5.69 Å². The van der Waals surface area contributed by atoms with Crippen LogP contribution < -0.4 is 21.5 Å². The summed E-state index contributed by atoms with van der Waals surface area (Å²) in [5.74, 6) is 0.579. The summed E-state index contributed by atoms with van der Waals surface area (Å²) < 4.78 is 0. The summed E-state index contributed by atoms with van der Waals surface area (Å²) in [6.07, 6.45) is 4.77. The van der Waals surface area contributed by atoms with E-state index in [4.69, 9.17) is 24.4 Å². The zero-order valence-corrected chi connectivity index (χ0v) is 15.0. The van der Waals surface area contributed by atoms with Gasteiger partial charge in [0.1, 0.15) is 5.69 Å². The van der Waals surface area contributed by atoms with Crippen molar-refractivity contribution in [3.8, 4) is 0 Å². The molecule has 0 radical (unpaired) electrons. The molecule has 0 amide bonds. The molecule has 1 aromatic rings. The van der Waals surface area contributed by atoms with Gasteiger partial charge in [0.2, 0.25) is 0 Å². The van der Waals surface area contributed by atoms with Crippen LogP contribution in [0.15, 0.2) is 24.3 Å². The number of thiocarbonyl (C=S) groups is 2. The Labute approximate surface area is 151 Å². The average molecular weight is 368 g/mol. The summed E-state index contributed by atoms with van der Waals surface area (Å²) in [4.78, 5) is 10.5. The molecule has 24 heavy (non-hydrogen) atoms. The van der Waals surface area contributed by atoms with Gasteiger partial charge in [-0.15, -0.1) is 0 Å². The Morgan fingerprint density at radius 1 is 1.17 bits per heavy atom. The SMILES string of the molecule is C[C@H]1CCCC[C@@H]1NC(=S)NNC(=S)Nc1ccccc1[N+](=O)[O-]. The van der Waals surface area contributed by atoms with Crippen LogP contribution in [0.25, 0.3) is 0 Å². The first-order valence-corrected chi connectivity index (χ1v) is 8.66. The van der Waals surface area contributed by atoms with Crippen molar-refractivity contribution in [1.29, 1.82) is 0 Å². The van der Waals surface area contributed by atoms with E-state index in [-0.39, 0.29) is 10.8 Å². The third kappa shape index (κ3) is 5.27. The van der Waals surface area contributed by atoms with E-state index in [1.807, 2.05) is 0 Å². The Kier molecular flexibility index (Phi) is 6.68. The van der Waals surface area contributed by atoms with Gasteiger partial charge < -0.3 is 10.6 Å². The maximum absolute atomic E-state index is 11.0. The number of anilines is 1. The summed E-state index contributed by atoms with van der Waals surface area (Å²) in [6.45, 7) is 2.22. The Morgan fingerprint density at radius 2 is 1.83 bits per heavy atom. The third-order valence-corrected chi connectivity index (χ3v) is 4.49. The van der Waals surface area contributed by atoms with Crippen molar-refractivity contribution in [2.45, 2.75) is 38.6 Å². The van der Waals surface area contributed by atoms with E-state index in [0.717, 1.165) is 6.42 Å². The molecule has 2 rings (SSSR count). The van der Waals surface area contributed by atoms with Crippen LogP contribution in [0.1, 0.15) is 32.6 Å². The van der Waals surface area contributed by atoms with E-state index in [2.05, 4.69) is 28.4 Å². The second kappa shape index (κ2) is 8.74. The predicted molar refractivity (Wildman–Crippen MR) is 103 cm³/mol. The molecule has 0 aromatic heterocycles. The molecule has 0 saturated heterocycles. The lowest BCUT2D eigenvalue weighted by Gasteiger charge is -2.30. The molecule has 9 heteroatoms. The summed E-state index contributed by atoms with van der Waals surface area (Å²) in [6, 6.07) is 6.66. The number of nitrogens with zero attached hydrogens (tertiary/aromatic N) is 1. The number of hydrazine groups is 1. The van der Waals surface area contributed by atoms with Crippen LogP contribution in [0.5, 0.6) is 0 Å². The molecule has 0 spiro atoms. The molecule has 0 unspecified atom stereocenters. The van der Waals surface area contributed by atoms with Crippen molar-refractivity contribution < 1.29 is 4.92 Å². The number of rotatable bonds is 3. The second-order valence-corrected chi connectivity index (χ2v) is 6.64. The zero-order valence-electron chi connectivity index (χ0n) is 13.4. The highest BCUT2D eigenvalue weighted by Crippen LogP contribution is 2.24. The molecular formula is C15H21N5O2S2. The molecule has 1 aliphatic rings. The number of benzene rings is 1. The van der Waals surface area contributed by atoms with Gasteiger partial charge in [-0.25, -0.2) is 0 Å². The monoisotopic (exact) mass is 367 g/mol. The van der Waals surface area contributed by atoms with E-state index in [9.17, 15) is 10.1 Å². The van der Waals surface area contributed by atoms with Crippen LogP contribution in [0.3, 0.4) is 0 Å². The first-order chi connectivity index (χ1) is 11.5. The summed E-state index contributed by atoms with van der Waals surface area (Å²) in [5.41, 5.74) is 5.84. The first-order valence-electron chi connectivity index (χ1n) is 7.84. The zero-order chi connectivity index (χ0) is 17.5. The minimum absolute atomic E-state index is 0.0432. The lowest BCUT2D eigenvalue weighted by Crippen LogP contribution is -2.52. The maximum Gasteiger partial charge on any atom is 0.292 e. The minimum Gasteiger partial charge on any atom is -0.358 e. The van der Waals surface area contributed by atoms with Gasteiger partial charge in [0.05, 0.1) is 4.92 Å². The van der Waals surface area contributed by atoms with Gasteiger partial charge in [0.15, 0.2) is 10.2 Å². The average Bonchev–Trinajstić information content (AvgIpc) is 2.55. The van der Waals surface area contributed by atoms with Crippen LogP contribution in [0.4, 0.5) is 11.4 Å². The lowest BCUT2D eigenvalue weighted by atomic mass is 9.86. The van der Waals surface area contributed by atoms with E-state index in [1.54, 1.807) is 18.2 Å². The fourth-order valence-corrected chi connectivity index (χ4v) is 3.10. The first kappa shape index (κ1) is 18.3. The van der Waals surface area contributed by atoms with E-state index in [1.165, 1.54) is 25.3 Å². The maximum atomic E-state index is 11.0. The molecule has 7 nitrogen and oxygen atoms in total. The fraction of sp³-hybridized carbons (Fsp3) is 0.467. The Morgan fingerprint density at radius 3 is 2.54 bits per heavy atom. The smallest absolute Gasteiger partial charge is 0.292 e. The lowest BCUT2D eigenvalue weighted by molar-refractivity contribution is -0.383. The van der Waals surface area contributed by atoms with Gasteiger partial charge >= 0.3 is 0 Å². The summed E-state index contributed by atoms with van der Waals surface area (Å²) in [7, 11) is 0. The highest BCUT2D eigenvalue weighted by molar-refractivity contribution is 7.80. The standard InChI is InChI=1S/C15H21N5O2S2/c1-10-6-2-3-7-11(10)16-14(23)18-19-15(24)17-12-8-4-5-9-13(12)20(21)22/h4-5,8-11H,2-3,6-7H2,1H3,(H2,16,18,23)(H2,17,19,24)/t10-,11-/m0/s1. The Balaban J connectivity index is 1.81. The highest BCUT2D eigenvalue weighted by Gasteiger charge is 2.21. The van der Waals surface area contributed by atoms with Crippen LogP contribution in [-0.4, -0.2) is 21.2 Å². The highest BCUT2D eigenvalue weighted by atomic mass is 32.1. The molecule has 1 fully saturated rings. The summed E-state index contributed by atoms with van der Waals surface area (Å²) >= 11 is 10.4. The Hall–Kier alpha value is -2.00. The van der Waals surface area contributed by atoms with Gasteiger partial charge in [-0.1, -0.05) is 31.9 Å². The quantitative estimate of drug-likeness (QED) is 0.368. The number of nitro groups is 1. The fourth-order valence-electron chi connectivity index (χ4n) is 2.74. The van der Waals surface area contributed by atoms with Crippen molar-refractivity contribution >= 4 is 46.0 Å². The predicted octanol–water partition coefficient (Wildman–Crippen LogP) is 2.84. The van der Waals surface area contributed by atoms with Crippen LogP contribution >= 0.6 is 24.4 Å². The molecule has 2 atom stereocenters. The normalized spacial score (nSPS) is 19.9. The minimum atomic E-state index is -0.463. The molecule has 0 aliphatic heterocycles. The number of nitrogens with one attached hydrogen (secondary N) is 4. The van der Waals surface area contributed by atoms with Crippen molar-refractivity contribution in [3.63, 3.8) is 0 Å². The molecule has 1 aromatic carbocycles. The van der Waals surface area contributed by atoms with Crippen LogP contribution in [0, 0.1) is 16.0 Å². The van der Waals surface area contributed by atoms with E-state index >= 15 is 0 Å². The summed E-state index contributed by atoms with van der Waals surface area (Å²) in [5, 5.41) is 17.7. The molecule has 1 aliphatic carbocycles. The van der Waals surface area contributed by atoms with E-state index < -0.39 is 4.92 Å². The van der Waals surface area contributed by atoms with Crippen molar-refractivity contribution in [1.82, 2.24) is 16.2 Å². The van der Waals surface area contributed by atoms with Crippen molar-refractivity contribution in [2.75, 3.05) is 5.32 Å². The van der Waals surface area contributed by atoms with Gasteiger partial charge in [-0.3, -0.25) is 21.0 Å². The molecule has 130 valence electrons. The number of para-hydroxylation sites is 2. The molecule has 0 bridgehead atoms. The molecule has 1 saturated carbocycles. The van der Waals surface area contributed by atoms with E-state index in [0.29, 0.717) is 22.8 Å². The third-order valence-electron chi connectivity index (χ3n) is 4.07. The van der Waals surface area contributed by atoms with Gasteiger partial charge in [0, 0.05) is 12.1 Å².